The van der Waals surface area contributed by atoms with E-state index in [0.29, 0.717) is 26.2 Å². The van der Waals surface area contributed by atoms with Crippen molar-refractivity contribution in [3.8, 4) is 0 Å². The largest absolute Gasteiger partial charge is 0.325 e. The lowest BCUT2D eigenvalue weighted by Crippen LogP contribution is -2.45. The lowest BCUT2D eigenvalue weighted by molar-refractivity contribution is 0.152. The average Bonchev–Trinajstić information content (AvgIpc) is 3.09. The van der Waals surface area contributed by atoms with Crippen molar-refractivity contribution in [3.05, 3.63) is 29.2 Å². The maximum atomic E-state index is 12.6. The Kier molecular flexibility index (Phi) is 4.71. The fraction of sp³-hybridized carbons (Fsp3) is 0.467. The SMILES string of the molecule is CCN(CC)C(=O)N1CCc2ncnc(Nc3nccs3)c2C1. The van der Waals surface area contributed by atoms with Gasteiger partial charge in [0.25, 0.3) is 0 Å². The fourth-order valence-electron chi connectivity index (χ4n) is 2.69. The zero-order valence-electron chi connectivity index (χ0n) is 13.3. The van der Waals surface area contributed by atoms with Crippen molar-refractivity contribution < 1.29 is 4.79 Å². The molecule has 122 valence electrons. The van der Waals surface area contributed by atoms with E-state index < -0.39 is 0 Å². The fourth-order valence-corrected chi connectivity index (χ4v) is 3.22. The summed E-state index contributed by atoms with van der Waals surface area (Å²) in [6, 6.07) is 0.0738. The van der Waals surface area contributed by atoms with Crippen LogP contribution in [0.2, 0.25) is 0 Å². The third-order valence-electron chi connectivity index (χ3n) is 3.96. The summed E-state index contributed by atoms with van der Waals surface area (Å²) in [5.74, 6) is 0.738. The summed E-state index contributed by atoms with van der Waals surface area (Å²) in [7, 11) is 0. The highest BCUT2D eigenvalue weighted by atomic mass is 32.1. The van der Waals surface area contributed by atoms with Gasteiger partial charge in [-0.3, -0.25) is 0 Å². The van der Waals surface area contributed by atoms with Gasteiger partial charge < -0.3 is 15.1 Å². The monoisotopic (exact) mass is 332 g/mol. The van der Waals surface area contributed by atoms with Gasteiger partial charge in [0.1, 0.15) is 12.1 Å². The summed E-state index contributed by atoms with van der Waals surface area (Å²) in [5, 5.41) is 5.93. The van der Waals surface area contributed by atoms with Crippen LogP contribution in [-0.2, 0) is 13.0 Å². The van der Waals surface area contributed by atoms with Gasteiger partial charge in [-0.25, -0.2) is 19.7 Å². The molecule has 2 aromatic rings. The number of nitrogens with one attached hydrogen (secondary N) is 1. The molecule has 0 saturated heterocycles. The molecule has 1 aliphatic heterocycles. The van der Waals surface area contributed by atoms with Crippen molar-refractivity contribution in [3.63, 3.8) is 0 Å². The second-order valence-electron chi connectivity index (χ2n) is 5.24. The van der Waals surface area contributed by atoms with Crippen molar-refractivity contribution in [2.75, 3.05) is 25.0 Å². The van der Waals surface area contributed by atoms with E-state index in [2.05, 4.69) is 20.3 Å². The topological polar surface area (TPSA) is 74.2 Å². The Balaban J connectivity index is 1.82. The van der Waals surface area contributed by atoms with Crippen molar-refractivity contribution >= 4 is 28.3 Å². The number of fused-ring (bicyclic) bond motifs is 1. The number of thiazole rings is 1. The second kappa shape index (κ2) is 6.91. The summed E-state index contributed by atoms with van der Waals surface area (Å²) < 4.78 is 0. The maximum Gasteiger partial charge on any atom is 0.320 e. The Morgan fingerprint density at radius 1 is 1.35 bits per heavy atom. The molecule has 3 heterocycles. The van der Waals surface area contributed by atoms with E-state index >= 15 is 0 Å². The maximum absolute atomic E-state index is 12.6. The van der Waals surface area contributed by atoms with Gasteiger partial charge in [0.05, 0.1) is 12.2 Å². The third-order valence-corrected chi connectivity index (χ3v) is 4.65. The predicted octanol–water partition coefficient (Wildman–Crippen LogP) is 2.50. The van der Waals surface area contributed by atoms with Crippen LogP contribution in [0.15, 0.2) is 17.9 Å². The van der Waals surface area contributed by atoms with Crippen LogP contribution in [0.25, 0.3) is 0 Å². The van der Waals surface area contributed by atoms with Crippen LogP contribution in [-0.4, -0.2) is 50.4 Å². The molecule has 0 fully saturated rings. The smallest absolute Gasteiger partial charge is 0.320 e. The standard InChI is InChI=1S/C15H20N6OS/c1-3-20(4-2)15(22)21-7-5-12-11(9-21)13(18-10-17-12)19-14-16-6-8-23-14/h6,8,10H,3-5,7,9H2,1-2H3,(H,16,17,18,19). The number of rotatable bonds is 4. The molecule has 3 rings (SSSR count). The molecule has 0 saturated carbocycles. The van der Waals surface area contributed by atoms with Crippen molar-refractivity contribution in [2.24, 2.45) is 0 Å². The highest BCUT2D eigenvalue weighted by Gasteiger charge is 2.26. The van der Waals surface area contributed by atoms with Crippen LogP contribution in [0.4, 0.5) is 15.7 Å². The Labute approximate surface area is 139 Å². The lowest BCUT2D eigenvalue weighted by Gasteiger charge is -2.33. The van der Waals surface area contributed by atoms with Crippen LogP contribution in [0.3, 0.4) is 0 Å². The number of amides is 2. The van der Waals surface area contributed by atoms with E-state index in [1.807, 2.05) is 29.0 Å². The molecule has 0 aliphatic carbocycles. The molecule has 2 aromatic heterocycles. The quantitative estimate of drug-likeness (QED) is 0.931. The summed E-state index contributed by atoms with van der Waals surface area (Å²) in [4.78, 5) is 29.2. The number of nitrogens with zero attached hydrogens (tertiary/aromatic N) is 5. The van der Waals surface area contributed by atoms with Crippen molar-refractivity contribution in [1.29, 1.82) is 0 Å². The van der Waals surface area contributed by atoms with Gasteiger partial charge in [-0.15, -0.1) is 11.3 Å². The predicted molar refractivity (Wildman–Crippen MR) is 89.9 cm³/mol. The first-order valence-corrected chi connectivity index (χ1v) is 8.64. The summed E-state index contributed by atoms with van der Waals surface area (Å²) >= 11 is 1.52. The number of carbonyl (C=O) groups excluding carboxylic acids is 1. The molecule has 0 atom stereocenters. The zero-order valence-corrected chi connectivity index (χ0v) is 14.1. The van der Waals surface area contributed by atoms with Crippen LogP contribution < -0.4 is 5.32 Å². The number of carbonyl (C=O) groups is 1. The van der Waals surface area contributed by atoms with E-state index in [1.165, 1.54) is 11.3 Å². The first-order valence-electron chi connectivity index (χ1n) is 7.76. The van der Waals surface area contributed by atoms with Gasteiger partial charge in [0.15, 0.2) is 5.13 Å². The molecule has 7 nitrogen and oxygen atoms in total. The Hall–Kier alpha value is -2.22. The van der Waals surface area contributed by atoms with Crippen LogP contribution >= 0.6 is 11.3 Å². The van der Waals surface area contributed by atoms with E-state index in [4.69, 9.17) is 0 Å². The Bertz CT molecular complexity index is 671. The number of anilines is 2. The van der Waals surface area contributed by atoms with Gasteiger partial charge in [0.2, 0.25) is 0 Å². The number of aromatic nitrogens is 3. The van der Waals surface area contributed by atoms with Gasteiger partial charge in [-0.05, 0) is 13.8 Å². The molecule has 1 N–H and O–H groups in total. The Morgan fingerprint density at radius 2 is 2.17 bits per heavy atom. The minimum Gasteiger partial charge on any atom is -0.325 e. The molecule has 0 unspecified atom stereocenters. The summed E-state index contributed by atoms with van der Waals surface area (Å²) in [5.41, 5.74) is 1.98. The van der Waals surface area contributed by atoms with E-state index in [9.17, 15) is 4.79 Å². The molecule has 0 aromatic carbocycles. The van der Waals surface area contributed by atoms with E-state index in [0.717, 1.165) is 28.6 Å². The molecule has 23 heavy (non-hydrogen) atoms. The highest BCUT2D eigenvalue weighted by Crippen LogP contribution is 2.26. The minimum atomic E-state index is 0.0738. The van der Waals surface area contributed by atoms with Crippen LogP contribution in [0, 0.1) is 0 Å². The minimum absolute atomic E-state index is 0.0738. The first-order chi connectivity index (χ1) is 11.2. The van der Waals surface area contributed by atoms with Crippen LogP contribution in [0.1, 0.15) is 25.1 Å². The summed E-state index contributed by atoms with van der Waals surface area (Å²) in [6.45, 7) is 6.65. The summed E-state index contributed by atoms with van der Waals surface area (Å²) in [6.07, 6.45) is 4.06. The molecule has 0 radical (unpaired) electrons. The van der Waals surface area contributed by atoms with Crippen molar-refractivity contribution in [2.45, 2.75) is 26.8 Å². The van der Waals surface area contributed by atoms with Crippen molar-refractivity contribution in [1.82, 2.24) is 24.8 Å². The molecule has 1 aliphatic rings. The molecule has 0 bridgehead atoms. The number of hydrogen-bond donors (Lipinski definition) is 1. The zero-order chi connectivity index (χ0) is 16.2. The third kappa shape index (κ3) is 3.26. The number of hydrogen-bond acceptors (Lipinski definition) is 6. The normalized spacial score (nSPS) is 13.6. The first kappa shape index (κ1) is 15.7. The van der Waals surface area contributed by atoms with Gasteiger partial charge >= 0.3 is 6.03 Å². The van der Waals surface area contributed by atoms with Crippen LogP contribution in [0.5, 0.6) is 0 Å². The number of urea groups is 1. The molecule has 0 spiro atoms. The molecular weight excluding hydrogens is 312 g/mol. The van der Waals surface area contributed by atoms with Gasteiger partial charge in [-0.1, -0.05) is 0 Å². The molecule has 8 heteroatoms. The lowest BCUT2D eigenvalue weighted by atomic mass is 10.1. The van der Waals surface area contributed by atoms with Gasteiger partial charge in [0, 0.05) is 43.2 Å². The second-order valence-corrected chi connectivity index (χ2v) is 6.13. The Morgan fingerprint density at radius 3 is 2.87 bits per heavy atom. The average molecular weight is 332 g/mol. The highest BCUT2D eigenvalue weighted by molar-refractivity contribution is 7.13. The van der Waals surface area contributed by atoms with Gasteiger partial charge in [-0.2, -0.15) is 0 Å². The van der Waals surface area contributed by atoms with E-state index in [-0.39, 0.29) is 6.03 Å². The molecule has 2 amide bonds. The van der Waals surface area contributed by atoms with E-state index in [1.54, 1.807) is 12.5 Å². The molecular formula is C15H20N6OS.